The first kappa shape index (κ1) is 7.03. The van der Waals surface area contributed by atoms with Crippen molar-refractivity contribution in [2.45, 2.75) is 25.8 Å². The van der Waals surface area contributed by atoms with Crippen molar-refractivity contribution in [2.75, 3.05) is 13.2 Å². The SMILES string of the molecule is C[C@H](N)CC1CCOC1. The first-order valence-corrected chi connectivity index (χ1v) is 3.62. The highest BCUT2D eigenvalue weighted by atomic mass is 16.5. The summed E-state index contributed by atoms with van der Waals surface area (Å²) in [7, 11) is 0. The van der Waals surface area contributed by atoms with Crippen molar-refractivity contribution in [3.8, 4) is 0 Å². The maximum absolute atomic E-state index is 5.62. The second kappa shape index (κ2) is 3.18. The third-order valence-corrected chi connectivity index (χ3v) is 1.73. The first-order valence-electron chi connectivity index (χ1n) is 3.62. The van der Waals surface area contributed by atoms with Gasteiger partial charge in [-0.15, -0.1) is 0 Å². The van der Waals surface area contributed by atoms with E-state index < -0.39 is 0 Å². The van der Waals surface area contributed by atoms with Crippen LogP contribution in [0.3, 0.4) is 0 Å². The number of hydrogen-bond donors (Lipinski definition) is 1. The second-order valence-electron chi connectivity index (χ2n) is 2.94. The number of rotatable bonds is 2. The number of hydrogen-bond acceptors (Lipinski definition) is 2. The Labute approximate surface area is 56.4 Å². The Morgan fingerprint density at radius 3 is 3.00 bits per heavy atom. The Bertz CT molecular complexity index is 77.0. The van der Waals surface area contributed by atoms with Crippen LogP contribution in [0, 0.1) is 5.92 Å². The van der Waals surface area contributed by atoms with E-state index in [4.69, 9.17) is 10.5 Å². The minimum atomic E-state index is 0.344. The molecule has 2 N–H and O–H groups in total. The van der Waals surface area contributed by atoms with E-state index in [1.54, 1.807) is 0 Å². The summed E-state index contributed by atoms with van der Waals surface area (Å²) in [4.78, 5) is 0. The molecule has 0 spiro atoms. The summed E-state index contributed by atoms with van der Waals surface area (Å²) in [6.07, 6.45) is 2.33. The molecule has 2 atom stereocenters. The summed E-state index contributed by atoms with van der Waals surface area (Å²) in [6.45, 7) is 3.93. The molecule has 1 unspecified atom stereocenters. The van der Waals surface area contributed by atoms with Crippen molar-refractivity contribution < 1.29 is 4.74 Å². The van der Waals surface area contributed by atoms with Crippen LogP contribution in [0.15, 0.2) is 0 Å². The Morgan fingerprint density at radius 2 is 2.56 bits per heavy atom. The molecular formula is C7H15NO. The highest BCUT2D eigenvalue weighted by Crippen LogP contribution is 2.16. The predicted octanol–water partition coefficient (Wildman–Crippen LogP) is 0.760. The molecular weight excluding hydrogens is 114 g/mol. The van der Waals surface area contributed by atoms with Crippen molar-refractivity contribution in [3.05, 3.63) is 0 Å². The van der Waals surface area contributed by atoms with Crippen LogP contribution in [0.1, 0.15) is 19.8 Å². The highest BCUT2D eigenvalue weighted by Gasteiger charge is 2.16. The van der Waals surface area contributed by atoms with Crippen molar-refractivity contribution >= 4 is 0 Å². The van der Waals surface area contributed by atoms with E-state index in [9.17, 15) is 0 Å². The Morgan fingerprint density at radius 1 is 1.78 bits per heavy atom. The molecule has 0 aromatic carbocycles. The molecule has 0 radical (unpaired) electrons. The molecule has 0 aromatic rings. The molecule has 1 saturated heterocycles. The molecule has 1 heterocycles. The second-order valence-corrected chi connectivity index (χ2v) is 2.94. The molecule has 1 aliphatic rings. The monoisotopic (exact) mass is 129 g/mol. The van der Waals surface area contributed by atoms with E-state index in [1.807, 2.05) is 0 Å². The van der Waals surface area contributed by atoms with E-state index in [0.717, 1.165) is 25.6 Å². The molecule has 0 bridgehead atoms. The standard InChI is InChI=1S/C7H15NO/c1-6(8)4-7-2-3-9-5-7/h6-7H,2-5,8H2,1H3/t6-,7?/m0/s1. The Hall–Kier alpha value is -0.0800. The van der Waals surface area contributed by atoms with Gasteiger partial charge in [0.25, 0.3) is 0 Å². The van der Waals surface area contributed by atoms with E-state index in [1.165, 1.54) is 6.42 Å². The van der Waals surface area contributed by atoms with Gasteiger partial charge in [0, 0.05) is 19.3 Å². The molecule has 2 heteroatoms. The van der Waals surface area contributed by atoms with Crippen molar-refractivity contribution in [1.82, 2.24) is 0 Å². The fourth-order valence-corrected chi connectivity index (χ4v) is 1.30. The molecule has 1 fully saturated rings. The minimum absolute atomic E-state index is 0.344. The summed E-state index contributed by atoms with van der Waals surface area (Å²) >= 11 is 0. The van der Waals surface area contributed by atoms with Gasteiger partial charge >= 0.3 is 0 Å². The van der Waals surface area contributed by atoms with Gasteiger partial charge in [-0.3, -0.25) is 0 Å². The molecule has 0 amide bonds. The zero-order valence-electron chi connectivity index (χ0n) is 5.97. The van der Waals surface area contributed by atoms with Crippen LogP contribution in [0.5, 0.6) is 0 Å². The Balaban J connectivity index is 2.11. The summed E-state index contributed by atoms with van der Waals surface area (Å²) in [5.74, 6) is 0.741. The normalized spacial score (nSPS) is 30.7. The molecule has 0 aliphatic carbocycles. The smallest absolute Gasteiger partial charge is 0.0495 e. The molecule has 54 valence electrons. The largest absolute Gasteiger partial charge is 0.381 e. The topological polar surface area (TPSA) is 35.2 Å². The van der Waals surface area contributed by atoms with E-state index >= 15 is 0 Å². The highest BCUT2D eigenvalue weighted by molar-refractivity contribution is 4.68. The summed E-state index contributed by atoms with van der Waals surface area (Å²) in [5, 5.41) is 0. The van der Waals surface area contributed by atoms with Crippen LogP contribution < -0.4 is 5.73 Å². The van der Waals surface area contributed by atoms with Crippen molar-refractivity contribution in [1.29, 1.82) is 0 Å². The lowest BCUT2D eigenvalue weighted by Crippen LogP contribution is -2.19. The molecule has 0 aromatic heterocycles. The van der Waals surface area contributed by atoms with E-state index in [2.05, 4.69) is 6.92 Å². The van der Waals surface area contributed by atoms with Crippen LogP contribution in [-0.4, -0.2) is 19.3 Å². The summed E-state index contributed by atoms with van der Waals surface area (Å²) < 4.78 is 5.20. The summed E-state index contributed by atoms with van der Waals surface area (Å²) in [6, 6.07) is 0.344. The molecule has 2 nitrogen and oxygen atoms in total. The predicted molar refractivity (Wildman–Crippen MR) is 37.2 cm³/mol. The average molecular weight is 129 g/mol. The molecule has 1 aliphatic heterocycles. The van der Waals surface area contributed by atoms with Gasteiger partial charge in [0.15, 0.2) is 0 Å². The molecule has 9 heavy (non-hydrogen) atoms. The van der Waals surface area contributed by atoms with Gasteiger partial charge in [0.05, 0.1) is 0 Å². The fraction of sp³-hybridized carbons (Fsp3) is 1.00. The van der Waals surface area contributed by atoms with Crippen molar-refractivity contribution in [3.63, 3.8) is 0 Å². The van der Waals surface area contributed by atoms with Gasteiger partial charge in [-0.2, -0.15) is 0 Å². The molecule has 0 saturated carbocycles. The van der Waals surface area contributed by atoms with E-state index in [-0.39, 0.29) is 0 Å². The van der Waals surface area contributed by atoms with Crippen LogP contribution in [0.2, 0.25) is 0 Å². The van der Waals surface area contributed by atoms with Crippen LogP contribution in [0.25, 0.3) is 0 Å². The maximum atomic E-state index is 5.62. The third kappa shape index (κ3) is 2.33. The van der Waals surface area contributed by atoms with Gasteiger partial charge in [0.1, 0.15) is 0 Å². The van der Waals surface area contributed by atoms with Crippen LogP contribution in [0.4, 0.5) is 0 Å². The van der Waals surface area contributed by atoms with Gasteiger partial charge < -0.3 is 10.5 Å². The fourth-order valence-electron chi connectivity index (χ4n) is 1.30. The lowest BCUT2D eigenvalue weighted by Gasteiger charge is -2.08. The number of nitrogens with two attached hydrogens (primary N) is 1. The maximum Gasteiger partial charge on any atom is 0.0495 e. The van der Waals surface area contributed by atoms with Crippen LogP contribution in [-0.2, 0) is 4.74 Å². The van der Waals surface area contributed by atoms with E-state index in [0.29, 0.717) is 6.04 Å². The Kier molecular flexibility index (Phi) is 2.49. The average Bonchev–Trinajstić information content (AvgIpc) is 2.15. The third-order valence-electron chi connectivity index (χ3n) is 1.73. The summed E-state index contributed by atoms with van der Waals surface area (Å²) in [5.41, 5.74) is 5.62. The lowest BCUT2D eigenvalue weighted by molar-refractivity contribution is 0.183. The van der Waals surface area contributed by atoms with Gasteiger partial charge in [-0.05, 0) is 25.7 Å². The van der Waals surface area contributed by atoms with Crippen LogP contribution >= 0.6 is 0 Å². The zero-order chi connectivity index (χ0) is 6.69. The minimum Gasteiger partial charge on any atom is -0.381 e. The first-order chi connectivity index (χ1) is 4.29. The lowest BCUT2D eigenvalue weighted by atomic mass is 10.0. The van der Waals surface area contributed by atoms with Gasteiger partial charge in [0.2, 0.25) is 0 Å². The number of ether oxygens (including phenoxy) is 1. The molecule has 1 rings (SSSR count). The zero-order valence-corrected chi connectivity index (χ0v) is 5.97. The quantitative estimate of drug-likeness (QED) is 0.597. The van der Waals surface area contributed by atoms with Gasteiger partial charge in [-0.25, -0.2) is 0 Å². The van der Waals surface area contributed by atoms with Crippen molar-refractivity contribution in [2.24, 2.45) is 11.7 Å². The van der Waals surface area contributed by atoms with Gasteiger partial charge in [-0.1, -0.05) is 0 Å².